The largest absolute Gasteiger partial charge is 0.458 e. The highest BCUT2D eigenvalue weighted by Crippen LogP contribution is 2.70. The molecule has 1 aromatic carbocycles. The molecule has 87 heavy (non-hydrogen) atoms. The summed E-state index contributed by atoms with van der Waals surface area (Å²) < 4.78 is 94.5. The zero-order valence-electron chi connectivity index (χ0n) is 52.2. The van der Waals surface area contributed by atoms with E-state index in [1.165, 1.54) is 20.1 Å². The summed E-state index contributed by atoms with van der Waals surface area (Å²) in [6.07, 6.45) is -8.26. The SMILES string of the molecule is CO[C@H]1C[C@H](O[C@H]2CC[C@@]3(C)C(=CC[C@]4(O)[C@@H]3C[C@@H](OC(=O)/C=C/c3ccccc3)[C@]3(C)[C@H](C(C)=O)CC[C@@]34O)C2)O[C@H](C)[C@H]1O[C@H]1C[C@H](OC)[C@H](O[C@H]2C[C@@H](OC)[C@H](O[C@H]3C[C@H](OC)[C@H](O[C@@H]4O[C@H](CO)[C@@H](O)[C@H](O)[C@H]4O)[C@@H](C)O3)[C@@H](C)O2)[C@@H](C)O1. The molecule has 3 saturated carbocycles. The summed E-state index contributed by atoms with van der Waals surface area (Å²) in [6.45, 7) is 12.4. The number of ketones is 1. The first-order chi connectivity index (χ1) is 41.4. The Morgan fingerprint density at radius 2 is 1.13 bits per heavy atom. The van der Waals surface area contributed by atoms with Crippen LogP contribution in [-0.4, -0.2) is 230 Å². The Kier molecular flexibility index (Phi) is 21.0. The van der Waals surface area contributed by atoms with E-state index in [2.05, 4.69) is 13.0 Å². The van der Waals surface area contributed by atoms with Crippen molar-refractivity contribution >= 4 is 17.8 Å². The third-order valence-electron chi connectivity index (χ3n) is 21.5. The van der Waals surface area contributed by atoms with Gasteiger partial charge in [0.15, 0.2) is 31.5 Å². The minimum atomic E-state index is -1.70. The van der Waals surface area contributed by atoms with E-state index in [-0.39, 0.29) is 37.6 Å². The van der Waals surface area contributed by atoms with Gasteiger partial charge in [0, 0.05) is 77.4 Å². The van der Waals surface area contributed by atoms with Gasteiger partial charge in [0.25, 0.3) is 0 Å². The summed E-state index contributed by atoms with van der Waals surface area (Å²) in [4.78, 5) is 26.9. The molecule has 0 radical (unpaired) electrons. The third kappa shape index (κ3) is 12.8. The second kappa shape index (κ2) is 27.3. The fourth-order valence-corrected chi connectivity index (χ4v) is 16.6. The van der Waals surface area contributed by atoms with Gasteiger partial charge in [-0.05, 0) is 96.6 Å². The maximum atomic E-state index is 13.6. The number of benzene rings is 1. The second-order valence-electron chi connectivity index (χ2n) is 26.3. The van der Waals surface area contributed by atoms with Crippen LogP contribution >= 0.6 is 0 Å². The highest BCUT2D eigenvalue weighted by Gasteiger charge is 2.77. The van der Waals surface area contributed by atoms with E-state index >= 15 is 0 Å². The van der Waals surface area contributed by atoms with Crippen LogP contribution in [-0.2, 0) is 80.6 Å². The van der Waals surface area contributed by atoms with Gasteiger partial charge in [-0.25, -0.2) is 4.79 Å². The van der Waals surface area contributed by atoms with Crippen LogP contribution in [0, 0.1) is 22.7 Å². The van der Waals surface area contributed by atoms with Gasteiger partial charge in [-0.2, -0.15) is 0 Å². The topological polar surface area (TPSA) is 294 Å². The van der Waals surface area contributed by atoms with Crippen LogP contribution < -0.4 is 0 Å². The smallest absolute Gasteiger partial charge is 0.331 e. The molecule has 8 fully saturated rings. The van der Waals surface area contributed by atoms with Crippen LogP contribution in [0.5, 0.6) is 0 Å². The Morgan fingerprint density at radius 1 is 0.632 bits per heavy atom. The van der Waals surface area contributed by atoms with Crippen molar-refractivity contribution in [1.82, 2.24) is 0 Å². The van der Waals surface area contributed by atoms with Crippen LogP contribution in [0.2, 0.25) is 0 Å². The molecule has 29 atom stereocenters. The lowest BCUT2D eigenvalue weighted by atomic mass is 9.43. The quantitative estimate of drug-likeness (QED) is 0.0649. The maximum Gasteiger partial charge on any atom is 0.331 e. The molecule has 9 aliphatic rings. The molecule has 4 aliphatic carbocycles. The maximum absolute atomic E-state index is 13.6. The minimum Gasteiger partial charge on any atom is -0.458 e. The summed E-state index contributed by atoms with van der Waals surface area (Å²) in [7, 11) is 6.38. The Morgan fingerprint density at radius 3 is 1.61 bits per heavy atom. The lowest BCUT2D eigenvalue weighted by Gasteiger charge is -2.66. The molecule has 1 aromatic rings. The number of hydrogen-bond donors (Lipinski definition) is 6. The average Bonchev–Trinajstić information content (AvgIpc) is 1.64. The Bertz CT molecular complexity index is 2540. The highest BCUT2D eigenvalue weighted by molar-refractivity contribution is 5.87. The Hall–Kier alpha value is -2.96. The molecule has 5 aliphatic heterocycles. The number of aliphatic hydroxyl groups excluding tert-OH is 4. The van der Waals surface area contributed by atoms with Gasteiger partial charge in [0.2, 0.25) is 0 Å². The third-order valence-corrected chi connectivity index (χ3v) is 21.5. The van der Waals surface area contributed by atoms with E-state index < -0.39 is 182 Å². The first-order valence-electron chi connectivity index (χ1n) is 31.3. The van der Waals surface area contributed by atoms with E-state index in [4.69, 9.17) is 71.1 Å². The summed E-state index contributed by atoms with van der Waals surface area (Å²) in [6, 6.07) is 9.44. The first-order valence-corrected chi connectivity index (χ1v) is 31.3. The average molecular weight is 1230 g/mol. The molecule has 23 nitrogen and oxygen atoms in total. The molecule has 0 amide bonds. The highest BCUT2D eigenvalue weighted by atomic mass is 16.8. The standard InChI is InChI=1S/C64H96O23/c1-32(66)40-21-24-64(72)62(40,7)47(83-48(67)18-17-37-15-13-12-14-16-37)30-46-61(6)22-20-39(25-38(61)19-23-63(46,64)71)81-49-26-41(73-8)56(33(2)77-49)84-50-27-42(74-9)57(34(3)78-50)85-51-28-43(75-10)58(35(4)79-51)86-52-29-44(76-11)59(36(5)80-52)87-60-55(70)54(69)53(68)45(31-65)82-60/h12-19,33-36,39-47,49-60,65,68-72H,20-31H2,1-11H3/b18-17+/t33-,34-,35-,36-,39+,40+,41+,42+,43-,44+,45-,46-,47-,49+,50+,51+,52+,53-,54+,55-,56-,57-,58-,59-,60+,61+,62+,63+,64-/m1/s1. The van der Waals surface area contributed by atoms with Crippen molar-refractivity contribution in [3.8, 4) is 0 Å². The number of hydrogen-bond acceptors (Lipinski definition) is 23. The number of carbonyl (C=O) groups is 2. The van der Waals surface area contributed by atoms with Crippen LogP contribution in [0.25, 0.3) is 6.08 Å². The molecule has 0 aromatic heterocycles. The molecule has 0 bridgehead atoms. The second-order valence-corrected chi connectivity index (χ2v) is 26.3. The van der Waals surface area contributed by atoms with Gasteiger partial charge in [-0.15, -0.1) is 0 Å². The van der Waals surface area contributed by atoms with Gasteiger partial charge >= 0.3 is 5.97 Å². The molecule has 0 unspecified atom stereocenters. The Labute approximate surface area is 510 Å². The first kappa shape index (κ1) is 66.9. The molecular weight excluding hydrogens is 1140 g/mol. The van der Waals surface area contributed by atoms with E-state index in [0.29, 0.717) is 44.9 Å². The van der Waals surface area contributed by atoms with Crippen molar-refractivity contribution in [3.05, 3.63) is 53.6 Å². The van der Waals surface area contributed by atoms with Gasteiger partial charge in [-0.3, -0.25) is 4.79 Å². The summed E-state index contributed by atoms with van der Waals surface area (Å²) in [5, 5.41) is 66.9. The van der Waals surface area contributed by atoms with Crippen LogP contribution in [0.3, 0.4) is 0 Å². The molecule has 490 valence electrons. The predicted octanol–water partition coefficient (Wildman–Crippen LogP) is 3.94. The fourth-order valence-electron chi connectivity index (χ4n) is 16.6. The molecule has 6 N–H and O–H groups in total. The lowest BCUT2D eigenvalue weighted by molar-refractivity contribution is -0.358. The summed E-state index contributed by atoms with van der Waals surface area (Å²) in [5.41, 5.74) is -3.11. The van der Waals surface area contributed by atoms with Crippen molar-refractivity contribution in [2.75, 3.05) is 35.0 Å². The van der Waals surface area contributed by atoms with Crippen molar-refractivity contribution in [1.29, 1.82) is 0 Å². The normalized spacial score (nSPS) is 48.4. The number of Topliss-reactive ketones (excluding diaryl/α,β-unsaturated/α-hetero) is 1. The zero-order chi connectivity index (χ0) is 62.5. The van der Waals surface area contributed by atoms with Gasteiger partial charge < -0.3 is 102 Å². The van der Waals surface area contributed by atoms with Crippen LogP contribution in [0.15, 0.2) is 48.1 Å². The van der Waals surface area contributed by atoms with E-state index in [1.807, 2.05) is 58.0 Å². The van der Waals surface area contributed by atoms with E-state index in [9.17, 15) is 40.2 Å². The monoisotopic (exact) mass is 1230 g/mol. The zero-order valence-corrected chi connectivity index (χ0v) is 52.2. The van der Waals surface area contributed by atoms with Gasteiger partial charge in [-0.1, -0.05) is 55.8 Å². The predicted molar refractivity (Wildman–Crippen MR) is 307 cm³/mol. The van der Waals surface area contributed by atoms with Gasteiger partial charge in [0.1, 0.15) is 71.9 Å². The summed E-state index contributed by atoms with van der Waals surface area (Å²) in [5.74, 6) is -1.74. The van der Waals surface area contributed by atoms with Crippen molar-refractivity contribution in [2.45, 2.75) is 272 Å². The molecule has 5 saturated heterocycles. The molecule has 10 rings (SSSR count). The van der Waals surface area contributed by atoms with Crippen molar-refractivity contribution < 1.29 is 111 Å². The number of rotatable bonds is 19. The van der Waals surface area contributed by atoms with Crippen LogP contribution in [0.1, 0.15) is 125 Å². The molecular formula is C64H96O23. The summed E-state index contributed by atoms with van der Waals surface area (Å²) >= 11 is 0. The number of carbonyl (C=O) groups excluding carboxylic acids is 2. The number of aliphatic hydroxyl groups is 6. The number of esters is 1. The Balaban J connectivity index is 0.718. The number of fused-ring (bicyclic) bond motifs is 5. The fraction of sp³-hybridized carbons (Fsp3) is 0.812. The van der Waals surface area contributed by atoms with Crippen LogP contribution in [0.4, 0.5) is 0 Å². The van der Waals surface area contributed by atoms with Gasteiger partial charge in [0.05, 0.1) is 61.5 Å². The lowest BCUT2D eigenvalue weighted by Crippen LogP contribution is -2.75. The molecule has 5 heterocycles. The molecule has 23 heteroatoms. The molecule has 0 spiro atoms. The van der Waals surface area contributed by atoms with E-state index in [1.54, 1.807) is 34.3 Å². The van der Waals surface area contributed by atoms with Crippen molar-refractivity contribution in [3.63, 3.8) is 0 Å². The number of ether oxygens (including phenoxy) is 15. The van der Waals surface area contributed by atoms with Crippen molar-refractivity contribution in [2.24, 2.45) is 22.7 Å². The van der Waals surface area contributed by atoms with E-state index in [0.717, 1.165) is 11.1 Å². The number of methoxy groups -OCH3 is 4. The minimum absolute atomic E-state index is 0.0982.